The minimum atomic E-state index is -0.920. The molecule has 1 aromatic carbocycles. The fourth-order valence-corrected chi connectivity index (χ4v) is 2.17. The summed E-state index contributed by atoms with van der Waals surface area (Å²) in [6, 6.07) is 11.7. The number of nitrogens with zero attached hydrogens (tertiary/aromatic N) is 1. The van der Waals surface area contributed by atoms with E-state index in [0.29, 0.717) is 18.0 Å². The fourth-order valence-electron chi connectivity index (χ4n) is 2.17. The van der Waals surface area contributed by atoms with Gasteiger partial charge in [-0.25, -0.2) is 4.79 Å². The van der Waals surface area contributed by atoms with Gasteiger partial charge >= 0.3 is 5.97 Å². The van der Waals surface area contributed by atoms with E-state index >= 15 is 0 Å². The molecular weight excluding hydrogens is 250 g/mol. The summed E-state index contributed by atoms with van der Waals surface area (Å²) in [5.74, 6) is -0.423. The van der Waals surface area contributed by atoms with Gasteiger partial charge in [0.05, 0.1) is 17.0 Å². The normalized spacial score (nSPS) is 10.8. The lowest BCUT2D eigenvalue weighted by Gasteiger charge is -2.09. The summed E-state index contributed by atoms with van der Waals surface area (Å²) >= 11 is 0. The van der Waals surface area contributed by atoms with E-state index in [-0.39, 0.29) is 5.56 Å². The standard InChI is InChI=1S/C17H19NO2/c1-4-15-14(17(19)20)9-10-16(18-15)13-7-5-12(6-8-13)11(2)3/h5-11H,4H2,1-3H3,(H,19,20). The van der Waals surface area contributed by atoms with Gasteiger partial charge in [-0.2, -0.15) is 0 Å². The van der Waals surface area contributed by atoms with Crippen LogP contribution in [0.1, 0.15) is 48.3 Å². The molecule has 1 N–H and O–H groups in total. The van der Waals surface area contributed by atoms with Crippen molar-refractivity contribution in [3.05, 3.63) is 53.2 Å². The van der Waals surface area contributed by atoms with Crippen molar-refractivity contribution < 1.29 is 9.90 Å². The second-order valence-electron chi connectivity index (χ2n) is 5.13. The van der Waals surface area contributed by atoms with Crippen LogP contribution in [-0.2, 0) is 6.42 Å². The van der Waals surface area contributed by atoms with Crippen LogP contribution in [0.2, 0.25) is 0 Å². The minimum absolute atomic E-state index is 0.287. The second-order valence-corrected chi connectivity index (χ2v) is 5.13. The first-order valence-electron chi connectivity index (χ1n) is 6.86. The summed E-state index contributed by atoms with van der Waals surface area (Å²) in [6.07, 6.45) is 0.611. The summed E-state index contributed by atoms with van der Waals surface area (Å²) in [5.41, 5.74) is 4.04. The summed E-state index contributed by atoms with van der Waals surface area (Å²) in [7, 11) is 0. The van der Waals surface area contributed by atoms with E-state index in [1.165, 1.54) is 5.56 Å². The lowest BCUT2D eigenvalue weighted by atomic mass is 10.00. The first kappa shape index (κ1) is 14.3. The van der Waals surface area contributed by atoms with E-state index in [1.807, 2.05) is 19.1 Å². The van der Waals surface area contributed by atoms with E-state index in [9.17, 15) is 4.79 Å². The number of aromatic carboxylic acids is 1. The van der Waals surface area contributed by atoms with Crippen LogP contribution in [0.15, 0.2) is 36.4 Å². The van der Waals surface area contributed by atoms with Gasteiger partial charge in [-0.1, -0.05) is 45.0 Å². The maximum atomic E-state index is 11.1. The highest BCUT2D eigenvalue weighted by molar-refractivity contribution is 5.89. The van der Waals surface area contributed by atoms with Crippen LogP contribution in [0.25, 0.3) is 11.3 Å². The van der Waals surface area contributed by atoms with Gasteiger partial charge in [0.2, 0.25) is 0 Å². The average molecular weight is 269 g/mol. The summed E-state index contributed by atoms with van der Waals surface area (Å²) in [5, 5.41) is 9.12. The molecule has 2 aromatic rings. The molecule has 0 unspecified atom stereocenters. The highest BCUT2D eigenvalue weighted by Crippen LogP contribution is 2.22. The molecule has 20 heavy (non-hydrogen) atoms. The van der Waals surface area contributed by atoms with Gasteiger partial charge in [0.25, 0.3) is 0 Å². The first-order valence-corrected chi connectivity index (χ1v) is 6.86. The predicted octanol–water partition coefficient (Wildman–Crippen LogP) is 4.13. The van der Waals surface area contributed by atoms with Gasteiger partial charge in [-0.05, 0) is 30.0 Å². The number of rotatable bonds is 4. The Bertz CT molecular complexity index is 615. The molecule has 0 aliphatic rings. The third-order valence-electron chi connectivity index (χ3n) is 3.41. The largest absolute Gasteiger partial charge is 0.478 e. The van der Waals surface area contributed by atoms with Crippen molar-refractivity contribution in [3.63, 3.8) is 0 Å². The Labute approximate surface area is 119 Å². The van der Waals surface area contributed by atoms with Crippen molar-refractivity contribution in [2.24, 2.45) is 0 Å². The lowest BCUT2D eigenvalue weighted by molar-refractivity contribution is 0.0695. The van der Waals surface area contributed by atoms with Gasteiger partial charge in [-0.3, -0.25) is 4.98 Å². The minimum Gasteiger partial charge on any atom is -0.478 e. The van der Waals surface area contributed by atoms with Crippen molar-refractivity contribution >= 4 is 5.97 Å². The number of carboxylic acids is 1. The number of hydrogen-bond donors (Lipinski definition) is 1. The molecule has 3 nitrogen and oxygen atoms in total. The first-order chi connectivity index (χ1) is 9.52. The zero-order chi connectivity index (χ0) is 14.7. The molecular formula is C17H19NO2. The van der Waals surface area contributed by atoms with E-state index in [1.54, 1.807) is 12.1 Å². The van der Waals surface area contributed by atoms with Gasteiger partial charge in [-0.15, -0.1) is 0 Å². The average Bonchev–Trinajstić information content (AvgIpc) is 2.46. The summed E-state index contributed by atoms with van der Waals surface area (Å²) in [6.45, 7) is 6.23. The molecule has 0 atom stereocenters. The summed E-state index contributed by atoms with van der Waals surface area (Å²) in [4.78, 5) is 15.6. The monoisotopic (exact) mass is 269 g/mol. The number of pyridine rings is 1. The Balaban J connectivity index is 2.40. The van der Waals surface area contributed by atoms with E-state index in [4.69, 9.17) is 5.11 Å². The van der Waals surface area contributed by atoms with E-state index < -0.39 is 5.97 Å². The quantitative estimate of drug-likeness (QED) is 0.907. The smallest absolute Gasteiger partial charge is 0.337 e. The molecule has 0 aliphatic heterocycles. The maximum Gasteiger partial charge on any atom is 0.337 e. The van der Waals surface area contributed by atoms with Gasteiger partial charge in [0.1, 0.15) is 0 Å². The molecule has 0 spiro atoms. The Morgan fingerprint density at radius 3 is 2.30 bits per heavy atom. The van der Waals surface area contributed by atoms with Crippen LogP contribution in [0.3, 0.4) is 0 Å². The van der Waals surface area contributed by atoms with Crippen LogP contribution in [-0.4, -0.2) is 16.1 Å². The molecule has 0 bridgehead atoms. The lowest BCUT2D eigenvalue weighted by Crippen LogP contribution is -2.04. The van der Waals surface area contributed by atoms with Crippen LogP contribution in [0.5, 0.6) is 0 Å². The molecule has 1 heterocycles. The molecule has 3 heteroatoms. The van der Waals surface area contributed by atoms with Crippen molar-refractivity contribution in [2.75, 3.05) is 0 Å². The van der Waals surface area contributed by atoms with Crippen LogP contribution >= 0.6 is 0 Å². The number of hydrogen-bond acceptors (Lipinski definition) is 2. The van der Waals surface area contributed by atoms with E-state index in [0.717, 1.165) is 11.3 Å². The number of benzene rings is 1. The molecule has 0 saturated heterocycles. The zero-order valence-electron chi connectivity index (χ0n) is 12.1. The second kappa shape index (κ2) is 5.87. The third kappa shape index (κ3) is 2.87. The fraction of sp³-hybridized carbons (Fsp3) is 0.294. The Kier molecular flexibility index (Phi) is 4.18. The van der Waals surface area contributed by atoms with Crippen molar-refractivity contribution in [3.8, 4) is 11.3 Å². The van der Waals surface area contributed by atoms with Crippen molar-refractivity contribution in [1.29, 1.82) is 0 Å². The third-order valence-corrected chi connectivity index (χ3v) is 3.41. The van der Waals surface area contributed by atoms with Crippen molar-refractivity contribution in [2.45, 2.75) is 33.1 Å². The predicted molar refractivity (Wildman–Crippen MR) is 80.1 cm³/mol. The van der Waals surface area contributed by atoms with Crippen LogP contribution < -0.4 is 0 Å². The molecule has 2 rings (SSSR count). The summed E-state index contributed by atoms with van der Waals surface area (Å²) < 4.78 is 0. The number of carbonyl (C=O) groups is 1. The molecule has 0 aliphatic carbocycles. The Morgan fingerprint density at radius 2 is 1.80 bits per heavy atom. The number of carboxylic acid groups (broad SMARTS) is 1. The Hall–Kier alpha value is -2.16. The van der Waals surface area contributed by atoms with Crippen LogP contribution in [0.4, 0.5) is 0 Å². The highest BCUT2D eigenvalue weighted by Gasteiger charge is 2.11. The molecule has 0 amide bonds. The Morgan fingerprint density at radius 1 is 1.15 bits per heavy atom. The molecule has 1 aromatic heterocycles. The van der Waals surface area contributed by atoms with Crippen LogP contribution in [0, 0.1) is 0 Å². The molecule has 0 saturated carbocycles. The van der Waals surface area contributed by atoms with Crippen molar-refractivity contribution in [1.82, 2.24) is 4.98 Å². The number of aryl methyl sites for hydroxylation is 1. The van der Waals surface area contributed by atoms with Gasteiger partial charge < -0.3 is 5.11 Å². The van der Waals surface area contributed by atoms with Gasteiger partial charge in [0, 0.05) is 5.56 Å². The molecule has 0 radical (unpaired) electrons. The zero-order valence-corrected chi connectivity index (χ0v) is 12.1. The highest BCUT2D eigenvalue weighted by atomic mass is 16.4. The SMILES string of the molecule is CCc1nc(-c2ccc(C(C)C)cc2)ccc1C(=O)O. The maximum absolute atomic E-state index is 11.1. The molecule has 0 fully saturated rings. The number of aromatic nitrogens is 1. The van der Waals surface area contributed by atoms with E-state index in [2.05, 4.69) is 31.0 Å². The topological polar surface area (TPSA) is 50.2 Å². The molecule has 104 valence electrons. The van der Waals surface area contributed by atoms with Gasteiger partial charge in [0.15, 0.2) is 0 Å².